The fourth-order valence-electron chi connectivity index (χ4n) is 4.14. The van der Waals surface area contributed by atoms with Crippen LogP contribution in [0, 0.1) is 0 Å². The number of fused-ring (bicyclic) bond motifs is 1. The van der Waals surface area contributed by atoms with Gasteiger partial charge in [0.05, 0.1) is 5.69 Å². The average molecular weight is 486 g/mol. The number of likely N-dealkylation sites (tertiary alicyclic amines) is 1. The first-order chi connectivity index (χ1) is 15.1. The van der Waals surface area contributed by atoms with Crippen molar-refractivity contribution in [3.8, 4) is 5.75 Å². The largest absolute Gasteiger partial charge is 0.482 e. The number of rotatable bonds is 6. The highest BCUT2D eigenvalue weighted by atomic mass is 79.9. The maximum Gasteiger partial charge on any atom is 0.265 e. The van der Waals surface area contributed by atoms with Gasteiger partial charge in [0.1, 0.15) is 12.3 Å². The lowest BCUT2D eigenvalue weighted by molar-refractivity contribution is -0.125. The highest BCUT2D eigenvalue weighted by Gasteiger charge is 2.27. The van der Waals surface area contributed by atoms with E-state index in [1.807, 2.05) is 24.3 Å². The second-order valence-corrected chi connectivity index (χ2v) is 9.08. The highest BCUT2D eigenvalue weighted by Crippen LogP contribution is 2.34. The van der Waals surface area contributed by atoms with E-state index >= 15 is 0 Å². The molecule has 1 fully saturated rings. The summed E-state index contributed by atoms with van der Waals surface area (Å²) in [5, 5.41) is 2.95. The predicted molar refractivity (Wildman–Crippen MR) is 124 cm³/mol. The summed E-state index contributed by atoms with van der Waals surface area (Å²) in [6.07, 6.45) is 5.21. The van der Waals surface area contributed by atoms with Gasteiger partial charge in [0, 0.05) is 17.6 Å². The molecular weight excluding hydrogens is 458 g/mol. The molecule has 31 heavy (non-hydrogen) atoms. The molecule has 0 bridgehead atoms. The molecule has 0 atom stereocenters. The SMILES string of the molecule is O=C(CN1C(=O)COc2cc(Br)ccc21)NCc1cccc(CN2CCCCCC2)c1. The molecule has 0 radical (unpaired) electrons. The van der Waals surface area contributed by atoms with E-state index in [-0.39, 0.29) is 25.0 Å². The van der Waals surface area contributed by atoms with Gasteiger partial charge in [0.25, 0.3) is 5.91 Å². The fraction of sp³-hybridized carbons (Fsp3) is 0.417. The van der Waals surface area contributed by atoms with Crippen molar-refractivity contribution < 1.29 is 14.3 Å². The molecule has 2 aromatic carbocycles. The average Bonchev–Trinajstić information content (AvgIpc) is 3.03. The van der Waals surface area contributed by atoms with Crippen LogP contribution in [0.15, 0.2) is 46.9 Å². The van der Waals surface area contributed by atoms with E-state index in [2.05, 4.69) is 38.3 Å². The number of halogens is 1. The van der Waals surface area contributed by atoms with Crippen molar-refractivity contribution in [2.45, 2.75) is 38.8 Å². The number of carbonyl (C=O) groups is 2. The third-order valence-electron chi connectivity index (χ3n) is 5.75. The van der Waals surface area contributed by atoms with Crippen molar-refractivity contribution in [1.82, 2.24) is 10.2 Å². The van der Waals surface area contributed by atoms with Crippen LogP contribution in [-0.2, 0) is 22.7 Å². The van der Waals surface area contributed by atoms with Crippen molar-refractivity contribution in [3.05, 3.63) is 58.1 Å². The quantitative estimate of drug-likeness (QED) is 0.674. The first-order valence-electron chi connectivity index (χ1n) is 10.9. The Bertz CT molecular complexity index is 941. The number of carbonyl (C=O) groups excluding carboxylic acids is 2. The zero-order valence-electron chi connectivity index (χ0n) is 17.6. The third kappa shape index (κ3) is 5.86. The summed E-state index contributed by atoms with van der Waals surface area (Å²) in [7, 11) is 0. The van der Waals surface area contributed by atoms with Gasteiger partial charge in [-0.15, -0.1) is 0 Å². The second-order valence-electron chi connectivity index (χ2n) is 8.17. The molecule has 2 amide bonds. The number of hydrogen-bond acceptors (Lipinski definition) is 4. The van der Waals surface area contributed by atoms with Crippen LogP contribution in [0.4, 0.5) is 5.69 Å². The minimum Gasteiger partial charge on any atom is -0.482 e. The predicted octanol–water partition coefficient (Wildman–Crippen LogP) is 3.87. The van der Waals surface area contributed by atoms with Gasteiger partial charge in [-0.2, -0.15) is 0 Å². The standard InChI is InChI=1S/C24H28BrN3O3/c25-20-8-9-21-22(13-20)31-17-24(30)28(21)16-23(29)26-14-18-6-5-7-19(12-18)15-27-10-3-1-2-4-11-27/h5-9,12-13H,1-4,10-11,14-17H2,(H,26,29). The van der Waals surface area contributed by atoms with Crippen LogP contribution in [0.5, 0.6) is 5.75 Å². The lowest BCUT2D eigenvalue weighted by Gasteiger charge is -2.29. The molecule has 6 nitrogen and oxygen atoms in total. The summed E-state index contributed by atoms with van der Waals surface area (Å²) < 4.78 is 6.35. The van der Waals surface area contributed by atoms with Gasteiger partial charge in [0.2, 0.25) is 5.91 Å². The zero-order valence-corrected chi connectivity index (χ0v) is 19.2. The van der Waals surface area contributed by atoms with Crippen LogP contribution in [0.1, 0.15) is 36.8 Å². The van der Waals surface area contributed by atoms with Crippen LogP contribution < -0.4 is 15.0 Å². The Morgan fingerprint density at radius 3 is 2.61 bits per heavy atom. The van der Waals surface area contributed by atoms with E-state index < -0.39 is 0 Å². The Hall–Kier alpha value is -2.38. The fourth-order valence-corrected chi connectivity index (χ4v) is 4.48. The summed E-state index contributed by atoms with van der Waals surface area (Å²) in [5.74, 6) is 0.189. The summed E-state index contributed by atoms with van der Waals surface area (Å²) in [6, 6.07) is 13.8. The number of benzene rings is 2. The van der Waals surface area contributed by atoms with Crippen LogP contribution in [0.25, 0.3) is 0 Å². The number of amides is 2. The van der Waals surface area contributed by atoms with Gasteiger partial charge in [-0.25, -0.2) is 0 Å². The van der Waals surface area contributed by atoms with Crippen LogP contribution >= 0.6 is 15.9 Å². The normalized spacial score (nSPS) is 16.9. The molecular formula is C24H28BrN3O3. The maximum atomic E-state index is 12.6. The molecule has 7 heteroatoms. The molecule has 2 aliphatic rings. The Balaban J connectivity index is 1.33. The second kappa shape index (κ2) is 10.3. The molecule has 0 aromatic heterocycles. The van der Waals surface area contributed by atoms with Crippen LogP contribution in [-0.4, -0.2) is 43.0 Å². The van der Waals surface area contributed by atoms with Crippen LogP contribution in [0.2, 0.25) is 0 Å². The molecule has 164 valence electrons. The Kier molecular flexibility index (Phi) is 7.25. The van der Waals surface area contributed by atoms with Crippen LogP contribution in [0.3, 0.4) is 0 Å². The zero-order chi connectivity index (χ0) is 21.6. The lowest BCUT2D eigenvalue weighted by Crippen LogP contribution is -2.45. The summed E-state index contributed by atoms with van der Waals surface area (Å²) in [4.78, 5) is 28.9. The van der Waals surface area contributed by atoms with E-state index in [0.29, 0.717) is 18.0 Å². The van der Waals surface area contributed by atoms with E-state index in [9.17, 15) is 9.59 Å². The van der Waals surface area contributed by atoms with Gasteiger partial charge >= 0.3 is 0 Å². The van der Waals surface area contributed by atoms with Crippen molar-refractivity contribution in [2.24, 2.45) is 0 Å². The van der Waals surface area contributed by atoms with Crippen molar-refractivity contribution in [1.29, 1.82) is 0 Å². The van der Waals surface area contributed by atoms with Gasteiger partial charge in [-0.1, -0.05) is 53.0 Å². The van der Waals surface area contributed by atoms with Crippen molar-refractivity contribution in [2.75, 3.05) is 31.1 Å². The Morgan fingerprint density at radius 1 is 1.03 bits per heavy atom. The minimum atomic E-state index is -0.218. The molecule has 2 aliphatic heterocycles. The third-order valence-corrected chi connectivity index (χ3v) is 6.25. The molecule has 4 rings (SSSR count). The molecule has 0 aliphatic carbocycles. The number of anilines is 1. The number of nitrogens with one attached hydrogen (secondary N) is 1. The smallest absolute Gasteiger partial charge is 0.265 e. The Morgan fingerprint density at radius 2 is 1.81 bits per heavy atom. The molecule has 2 heterocycles. The molecule has 0 unspecified atom stereocenters. The van der Waals surface area contributed by atoms with E-state index in [4.69, 9.17) is 4.74 Å². The van der Waals surface area contributed by atoms with Crippen molar-refractivity contribution in [3.63, 3.8) is 0 Å². The van der Waals surface area contributed by atoms with E-state index in [1.54, 1.807) is 6.07 Å². The molecule has 1 saturated heterocycles. The number of ether oxygens (including phenoxy) is 1. The lowest BCUT2D eigenvalue weighted by atomic mass is 10.1. The maximum absolute atomic E-state index is 12.6. The highest BCUT2D eigenvalue weighted by molar-refractivity contribution is 9.10. The molecule has 0 spiro atoms. The van der Waals surface area contributed by atoms with Crippen molar-refractivity contribution >= 4 is 33.4 Å². The monoisotopic (exact) mass is 485 g/mol. The molecule has 0 saturated carbocycles. The summed E-state index contributed by atoms with van der Waals surface area (Å²) >= 11 is 3.40. The van der Waals surface area contributed by atoms with Gasteiger partial charge in [-0.3, -0.25) is 19.4 Å². The Labute approximate surface area is 191 Å². The van der Waals surface area contributed by atoms with E-state index in [0.717, 1.165) is 29.7 Å². The molecule has 2 aromatic rings. The van der Waals surface area contributed by atoms with E-state index in [1.165, 1.54) is 36.1 Å². The van der Waals surface area contributed by atoms with Gasteiger partial charge in [0.15, 0.2) is 6.61 Å². The first kappa shape index (κ1) is 21.8. The molecule has 1 N–H and O–H groups in total. The number of hydrogen-bond donors (Lipinski definition) is 1. The number of nitrogens with zero attached hydrogens (tertiary/aromatic N) is 2. The van der Waals surface area contributed by atoms with Gasteiger partial charge < -0.3 is 10.1 Å². The summed E-state index contributed by atoms with van der Waals surface area (Å²) in [5.41, 5.74) is 2.96. The minimum absolute atomic E-state index is 0.0235. The topological polar surface area (TPSA) is 61.9 Å². The summed E-state index contributed by atoms with van der Waals surface area (Å²) in [6.45, 7) is 3.63. The first-order valence-corrected chi connectivity index (χ1v) is 11.7. The van der Waals surface area contributed by atoms with Gasteiger partial charge in [-0.05, 0) is 55.3 Å².